The number of carbonyl (C=O) groups excluding carboxylic acids is 2. The molecule has 3 rings (SSSR count). The number of nitrogens with one attached hydrogen (secondary N) is 1. The van der Waals surface area contributed by atoms with Crippen LogP contribution in [0.15, 0.2) is 12.3 Å². The number of ether oxygens (including phenoxy) is 1. The third-order valence-electron chi connectivity index (χ3n) is 5.34. The van der Waals surface area contributed by atoms with Crippen molar-refractivity contribution in [3.05, 3.63) is 28.5 Å². The predicted octanol–water partition coefficient (Wildman–Crippen LogP) is 5.55. The Labute approximate surface area is 204 Å². The highest BCUT2D eigenvalue weighted by molar-refractivity contribution is 7.17. The molecule has 1 amide bonds. The SMILES string of the molecule is CCOC(=O)c1nc(C(=O)N2CC(F)(F)C[C@@H]2C)c(-c2cnc(NC(C)C(F)(F)F)cc2C(F)F)s1. The molecule has 1 fully saturated rings. The fraction of sp³-hybridized carbons (Fsp3) is 0.524. The number of thiazole rings is 1. The first-order valence-electron chi connectivity index (χ1n) is 10.6. The normalized spacial score (nSPS) is 18.4. The lowest BCUT2D eigenvalue weighted by Gasteiger charge is -2.21. The molecule has 198 valence electrons. The van der Waals surface area contributed by atoms with Crippen LogP contribution in [0.3, 0.4) is 0 Å². The molecule has 1 aliphatic heterocycles. The van der Waals surface area contributed by atoms with Crippen LogP contribution in [-0.2, 0) is 4.74 Å². The van der Waals surface area contributed by atoms with Crippen LogP contribution in [0.25, 0.3) is 10.4 Å². The van der Waals surface area contributed by atoms with Gasteiger partial charge in [-0.3, -0.25) is 4.79 Å². The van der Waals surface area contributed by atoms with Gasteiger partial charge in [0.15, 0.2) is 0 Å². The predicted molar refractivity (Wildman–Crippen MR) is 115 cm³/mol. The van der Waals surface area contributed by atoms with Crippen molar-refractivity contribution in [2.45, 2.75) is 57.8 Å². The number of hydrogen-bond acceptors (Lipinski definition) is 7. The summed E-state index contributed by atoms with van der Waals surface area (Å²) in [5.74, 6) is -5.66. The van der Waals surface area contributed by atoms with E-state index in [2.05, 4.69) is 9.97 Å². The van der Waals surface area contributed by atoms with E-state index in [9.17, 15) is 40.3 Å². The number of alkyl halides is 7. The Kier molecular flexibility index (Phi) is 7.81. The molecule has 2 atom stereocenters. The molecule has 0 spiro atoms. The summed E-state index contributed by atoms with van der Waals surface area (Å²) in [7, 11) is 0. The number of likely N-dealkylation sites (tertiary alicyclic amines) is 1. The molecule has 0 saturated carbocycles. The van der Waals surface area contributed by atoms with E-state index in [0.717, 1.165) is 18.0 Å². The minimum Gasteiger partial charge on any atom is -0.461 e. The van der Waals surface area contributed by atoms with Gasteiger partial charge in [-0.25, -0.2) is 32.3 Å². The van der Waals surface area contributed by atoms with E-state index < -0.39 is 72.5 Å². The second-order valence-corrected chi connectivity index (χ2v) is 9.12. The first-order chi connectivity index (χ1) is 16.6. The molecule has 1 saturated heterocycles. The van der Waals surface area contributed by atoms with E-state index in [1.54, 1.807) is 0 Å². The van der Waals surface area contributed by atoms with Crippen LogP contribution in [0, 0.1) is 0 Å². The van der Waals surface area contributed by atoms with Gasteiger partial charge in [-0.1, -0.05) is 0 Å². The highest BCUT2D eigenvalue weighted by atomic mass is 32.1. The zero-order chi connectivity index (χ0) is 27.0. The number of rotatable bonds is 7. The molecule has 0 radical (unpaired) electrons. The van der Waals surface area contributed by atoms with Crippen LogP contribution >= 0.6 is 11.3 Å². The number of nitrogens with zero attached hydrogens (tertiary/aromatic N) is 3. The molecular formula is C21H21F7N4O3S. The zero-order valence-electron chi connectivity index (χ0n) is 19.1. The van der Waals surface area contributed by atoms with Crippen molar-refractivity contribution in [1.29, 1.82) is 0 Å². The molecule has 1 N–H and O–H groups in total. The largest absolute Gasteiger partial charge is 0.461 e. The molecule has 0 aromatic carbocycles. The van der Waals surface area contributed by atoms with Crippen molar-refractivity contribution >= 4 is 29.0 Å². The summed E-state index contributed by atoms with van der Waals surface area (Å²) in [5.41, 5.74) is -1.72. The number of pyridine rings is 1. The van der Waals surface area contributed by atoms with Crippen LogP contribution in [0.2, 0.25) is 0 Å². The first-order valence-corrected chi connectivity index (χ1v) is 11.4. The van der Waals surface area contributed by atoms with Gasteiger partial charge in [-0.05, 0) is 26.8 Å². The van der Waals surface area contributed by atoms with Gasteiger partial charge in [-0.15, -0.1) is 11.3 Å². The lowest BCUT2D eigenvalue weighted by atomic mass is 10.1. The highest BCUT2D eigenvalue weighted by Crippen LogP contribution is 2.40. The van der Waals surface area contributed by atoms with Gasteiger partial charge in [0.1, 0.15) is 17.6 Å². The number of hydrogen-bond donors (Lipinski definition) is 1. The topological polar surface area (TPSA) is 84.4 Å². The van der Waals surface area contributed by atoms with Crippen molar-refractivity contribution in [2.24, 2.45) is 0 Å². The third kappa shape index (κ3) is 5.87. The summed E-state index contributed by atoms with van der Waals surface area (Å²) in [6.07, 6.45) is -7.71. The van der Waals surface area contributed by atoms with E-state index >= 15 is 0 Å². The minimum atomic E-state index is -4.67. The number of anilines is 1. The molecule has 7 nitrogen and oxygen atoms in total. The Balaban J connectivity index is 2.10. The van der Waals surface area contributed by atoms with E-state index in [0.29, 0.717) is 17.4 Å². The fourth-order valence-corrected chi connectivity index (χ4v) is 4.55. The van der Waals surface area contributed by atoms with Crippen LogP contribution in [0.1, 0.15) is 59.5 Å². The molecule has 0 bridgehead atoms. The second-order valence-electron chi connectivity index (χ2n) is 8.12. The molecule has 2 aromatic rings. The van der Waals surface area contributed by atoms with Crippen molar-refractivity contribution in [2.75, 3.05) is 18.5 Å². The van der Waals surface area contributed by atoms with E-state index in [1.165, 1.54) is 13.8 Å². The van der Waals surface area contributed by atoms with Gasteiger partial charge in [0.2, 0.25) is 5.01 Å². The number of aromatic nitrogens is 2. The summed E-state index contributed by atoms with van der Waals surface area (Å²) in [5, 5.41) is 1.59. The monoisotopic (exact) mass is 542 g/mol. The average molecular weight is 542 g/mol. The number of carbonyl (C=O) groups is 2. The van der Waals surface area contributed by atoms with E-state index in [1.807, 2.05) is 5.32 Å². The molecule has 1 aliphatic rings. The summed E-state index contributed by atoms with van der Waals surface area (Å²) >= 11 is 0.510. The quantitative estimate of drug-likeness (QED) is 0.365. The fourth-order valence-electron chi connectivity index (χ4n) is 3.57. The van der Waals surface area contributed by atoms with Crippen molar-refractivity contribution in [1.82, 2.24) is 14.9 Å². The number of esters is 1. The third-order valence-corrected chi connectivity index (χ3v) is 6.41. The average Bonchev–Trinajstić information content (AvgIpc) is 3.33. The Morgan fingerprint density at radius 2 is 2.00 bits per heavy atom. The van der Waals surface area contributed by atoms with Gasteiger partial charge >= 0.3 is 12.1 Å². The number of halogens is 7. The van der Waals surface area contributed by atoms with Crippen LogP contribution < -0.4 is 5.32 Å². The smallest absolute Gasteiger partial charge is 0.408 e. The molecule has 3 heterocycles. The maximum absolute atomic E-state index is 14.0. The number of amides is 1. The van der Waals surface area contributed by atoms with Crippen LogP contribution in [0.4, 0.5) is 36.6 Å². The standard InChI is InChI=1S/C21H21F7N4O3S/c1-4-35-19(34)17-31-14(18(33)32-8-20(24,25)6-9(32)2)15(36-17)12-7-29-13(5-11(12)16(22)23)30-10(3)21(26,27)28/h5,7,9-10,16H,4,6,8H2,1-3H3,(H,29,30)/t9-,10?/m0/s1. The van der Waals surface area contributed by atoms with Crippen LogP contribution in [-0.4, -0.2) is 64.1 Å². The second kappa shape index (κ2) is 10.2. The van der Waals surface area contributed by atoms with Crippen molar-refractivity contribution < 1.29 is 45.1 Å². The minimum absolute atomic E-state index is 0.0615. The van der Waals surface area contributed by atoms with Crippen LogP contribution in [0.5, 0.6) is 0 Å². The van der Waals surface area contributed by atoms with Crippen molar-refractivity contribution in [3.8, 4) is 10.4 Å². The molecule has 1 unspecified atom stereocenters. The zero-order valence-corrected chi connectivity index (χ0v) is 19.9. The lowest BCUT2D eigenvalue weighted by Crippen LogP contribution is -2.35. The first kappa shape index (κ1) is 27.6. The summed E-state index contributed by atoms with van der Waals surface area (Å²) in [6.45, 7) is 2.66. The van der Waals surface area contributed by atoms with Gasteiger partial charge in [0.05, 0.1) is 18.0 Å². The Morgan fingerprint density at radius 1 is 1.33 bits per heavy atom. The molecule has 15 heteroatoms. The molecular weight excluding hydrogens is 521 g/mol. The summed E-state index contributed by atoms with van der Waals surface area (Å²) in [4.78, 5) is 33.6. The maximum Gasteiger partial charge on any atom is 0.408 e. The summed E-state index contributed by atoms with van der Waals surface area (Å²) < 4.78 is 99.2. The Morgan fingerprint density at radius 3 is 2.53 bits per heavy atom. The van der Waals surface area contributed by atoms with E-state index in [-0.39, 0.29) is 22.1 Å². The van der Waals surface area contributed by atoms with Gasteiger partial charge in [0.25, 0.3) is 18.3 Å². The van der Waals surface area contributed by atoms with Gasteiger partial charge < -0.3 is 15.0 Å². The lowest BCUT2D eigenvalue weighted by molar-refractivity contribution is -0.138. The molecule has 0 aliphatic carbocycles. The van der Waals surface area contributed by atoms with Gasteiger partial charge in [0, 0.05) is 29.8 Å². The van der Waals surface area contributed by atoms with Crippen molar-refractivity contribution in [3.63, 3.8) is 0 Å². The molecule has 36 heavy (non-hydrogen) atoms. The van der Waals surface area contributed by atoms with Gasteiger partial charge in [-0.2, -0.15) is 13.2 Å². The summed E-state index contributed by atoms with van der Waals surface area (Å²) in [6, 6.07) is -2.32. The maximum atomic E-state index is 14.0. The highest BCUT2D eigenvalue weighted by Gasteiger charge is 2.46. The Hall–Kier alpha value is -2.97. The molecule has 2 aromatic heterocycles. The van der Waals surface area contributed by atoms with E-state index in [4.69, 9.17) is 4.74 Å². The Bertz CT molecular complexity index is 1140.